The number of fused-ring (bicyclic) bond motifs is 1. The fourth-order valence-electron chi connectivity index (χ4n) is 1.81. The summed E-state index contributed by atoms with van der Waals surface area (Å²) >= 11 is 0. The largest absolute Gasteiger partial charge is 0.379 e. The molecule has 18 heavy (non-hydrogen) atoms. The lowest BCUT2D eigenvalue weighted by Crippen LogP contribution is -2.17. The number of hydrogen-bond acceptors (Lipinski definition) is 3. The van der Waals surface area contributed by atoms with Crippen molar-refractivity contribution in [3.63, 3.8) is 0 Å². The third-order valence-electron chi connectivity index (χ3n) is 2.67. The van der Waals surface area contributed by atoms with Crippen LogP contribution in [0.15, 0.2) is 30.6 Å². The molecule has 0 aromatic carbocycles. The smallest absolute Gasteiger partial charge is 0.137 e. The van der Waals surface area contributed by atoms with Crippen LogP contribution in [0.4, 0.5) is 0 Å². The zero-order valence-electron chi connectivity index (χ0n) is 11.1. The first kappa shape index (κ1) is 13.1. The van der Waals surface area contributed by atoms with E-state index in [4.69, 9.17) is 4.74 Å². The minimum absolute atomic E-state index is 0.323. The van der Waals surface area contributed by atoms with Gasteiger partial charge in [0, 0.05) is 25.5 Å². The first-order valence-corrected chi connectivity index (χ1v) is 6.50. The summed E-state index contributed by atoms with van der Waals surface area (Å²) in [5, 5.41) is 3.38. The van der Waals surface area contributed by atoms with E-state index in [-0.39, 0.29) is 0 Å². The van der Waals surface area contributed by atoms with Crippen LogP contribution in [0.3, 0.4) is 0 Å². The maximum absolute atomic E-state index is 5.48. The monoisotopic (exact) mass is 247 g/mol. The lowest BCUT2D eigenvalue weighted by Gasteiger charge is -2.07. The van der Waals surface area contributed by atoms with Crippen molar-refractivity contribution in [1.29, 1.82) is 0 Å². The van der Waals surface area contributed by atoms with E-state index in [0.29, 0.717) is 6.10 Å². The van der Waals surface area contributed by atoms with Gasteiger partial charge in [0.15, 0.2) is 0 Å². The van der Waals surface area contributed by atoms with Gasteiger partial charge in [0.25, 0.3) is 0 Å². The minimum atomic E-state index is 0.323. The predicted octanol–water partition coefficient (Wildman–Crippen LogP) is 2.24. The quantitative estimate of drug-likeness (QED) is 0.763. The number of ether oxygens (including phenoxy) is 1. The van der Waals surface area contributed by atoms with E-state index in [9.17, 15) is 0 Å². The van der Waals surface area contributed by atoms with Gasteiger partial charge in [-0.1, -0.05) is 6.07 Å². The van der Waals surface area contributed by atoms with Crippen molar-refractivity contribution in [2.75, 3.05) is 13.2 Å². The summed E-state index contributed by atoms with van der Waals surface area (Å²) in [4.78, 5) is 4.53. The van der Waals surface area contributed by atoms with Crippen LogP contribution in [0.5, 0.6) is 0 Å². The molecular weight excluding hydrogens is 226 g/mol. The van der Waals surface area contributed by atoms with Gasteiger partial charge in [0.1, 0.15) is 5.65 Å². The van der Waals surface area contributed by atoms with Crippen LogP contribution in [-0.4, -0.2) is 28.6 Å². The van der Waals surface area contributed by atoms with Gasteiger partial charge in [-0.15, -0.1) is 0 Å². The predicted molar refractivity (Wildman–Crippen MR) is 72.6 cm³/mol. The maximum Gasteiger partial charge on any atom is 0.137 e. The minimum Gasteiger partial charge on any atom is -0.379 e. The van der Waals surface area contributed by atoms with Crippen molar-refractivity contribution in [1.82, 2.24) is 14.7 Å². The molecule has 0 saturated carbocycles. The summed E-state index contributed by atoms with van der Waals surface area (Å²) in [5.74, 6) is 0. The third-order valence-corrected chi connectivity index (χ3v) is 2.67. The van der Waals surface area contributed by atoms with Gasteiger partial charge < -0.3 is 14.5 Å². The molecule has 0 unspecified atom stereocenters. The van der Waals surface area contributed by atoms with Crippen LogP contribution in [0.2, 0.25) is 0 Å². The zero-order chi connectivity index (χ0) is 12.8. The fourth-order valence-corrected chi connectivity index (χ4v) is 1.81. The van der Waals surface area contributed by atoms with Crippen LogP contribution in [0.25, 0.3) is 5.65 Å². The Morgan fingerprint density at radius 3 is 3.06 bits per heavy atom. The number of pyridine rings is 1. The van der Waals surface area contributed by atoms with Gasteiger partial charge in [-0.3, -0.25) is 0 Å². The summed E-state index contributed by atoms with van der Waals surface area (Å²) in [6.45, 7) is 6.70. The molecule has 2 rings (SSSR count). The molecule has 2 heterocycles. The van der Waals surface area contributed by atoms with E-state index >= 15 is 0 Å². The SMILES string of the molecule is CC(C)OCCCNCc1cn2ccccc2n1. The first-order chi connectivity index (χ1) is 8.75. The highest BCUT2D eigenvalue weighted by molar-refractivity contribution is 5.39. The fraction of sp³-hybridized carbons (Fsp3) is 0.500. The van der Waals surface area contributed by atoms with Gasteiger partial charge in [-0.05, 0) is 38.9 Å². The molecule has 98 valence electrons. The molecule has 0 atom stereocenters. The van der Waals surface area contributed by atoms with E-state index in [0.717, 1.165) is 37.5 Å². The van der Waals surface area contributed by atoms with Gasteiger partial charge in [-0.25, -0.2) is 4.98 Å². The molecule has 0 fully saturated rings. The van der Waals surface area contributed by atoms with Crippen LogP contribution < -0.4 is 5.32 Å². The zero-order valence-corrected chi connectivity index (χ0v) is 11.1. The van der Waals surface area contributed by atoms with Crippen molar-refractivity contribution in [2.24, 2.45) is 0 Å². The molecule has 0 bridgehead atoms. The number of hydrogen-bond donors (Lipinski definition) is 1. The summed E-state index contributed by atoms with van der Waals surface area (Å²) < 4.78 is 7.52. The Morgan fingerprint density at radius 2 is 2.28 bits per heavy atom. The average Bonchev–Trinajstić information content (AvgIpc) is 2.75. The molecule has 0 aliphatic rings. The molecule has 4 heteroatoms. The van der Waals surface area contributed by atoms with E-state index in [1.807, 2.05) is 28.8 Å². The van der Waals surface area contributed by atoms with Crippen LogP contribution in [0.1, 0.15) is 26.0 Å². The molecule has 0 amide bonds. The molecule has 2 aromatic rings. The van der Waals surface area contributed by atoms with Crippen molar-refractivity contribution in [2.45, 2.75) is 32.9 Å². The summed E-state index contributed by atoms with van der Waals surface area (Å²) in [6, 6.07) is 6.03. The number of nitrogens with zero attached hydrogens (tertiary/aromatic N) is 2. The van der Waals surface area contributed by atoms with Gasteiger partial charge in [0.05, 0.1) is 11.8 Å². The highest BCUT2D eigenvalue weighted by Gasteiger charge is 2.00. The molecular formula is C14H21N3O. The third kappa shape index (κ3) is 3.82. The van der Waals surface area contributed by atoms with Crippen molar-refractivity contribution in [3.05, 3.63) is 36.3 Å². The van der Waals surface area contributed by atoms with Crippen LogP contribution >= 0.6 is 0 Å². The van der Waals surface area contributed by atoms with Crippen molar-refractivity contribution in [3.8, 4) is 0 Å². The molecule has 0 saturated heterocycles. The molecule has 0 radical (unpaired) electrons. The molecule has 0 aliphatic carbocycles. The van der Waals surface area contributed by atoms with Gasteiger partial charge in [-0.2, -0.15) is 0 Å². The second-order valence-corrected chi connectivity index (χ2v) is 4.65. The Labute approximate surface area is 108 Å². The molecule has 2 aromatic heterocycles. The number of rotatable bonds is 7. The van der Waals surface area contributed by atoms with Crippen molar-refractivity contribution < 1.29 is 4.74 Å². The van der Waals surface area contributed by atoms with Crippen LogP contribution in [0, 0.1) is 0 Å². The number of imidazole rings is 1. The number of nitrogens with one attached hydrogen (secondary N) is 1. The number of aromatic nitrogens is 2. The second kappa shape index (κ2) is 6.52. The maximum atomic E-state index is 5.48. The second-order valence-electron chi connectivity index (χ2n) is 4.65. The standard InChI is InChI=1S/C14H21N3O/c1-12(2)18-9-5-7-15-10-13-11-17-8-4-3-6-14(17)16-13/h3-4,6,8,11-12,15H,5,7,9-10H2,1-2H3. The summed E-state index contributed by atoms with van der Waals surface area (Å²) in [7, 11) is 0. The van der Waals surface area contributed by atoms with Crippen molar-refractivity contribution >= 4 is 5.65 Å². The highest BCUT2D eigenvalue weighted by atomic mass is 16.5. The molecule has 0 aliphatic heterocycles. The Morgan fingerprint density at radius 1 is 1.39 bits per heavy atom. The van der Waals surface area contributed by atoms with Gasteiger partial charge >= 0.3 is 0 Å². The van der Waals surface area contributed by atoms with E-state index in [1.165, 1.54) is 0 Å². The topological polar surface area (TPSA) is 38.6 Å². The van der Waals surface area contributed by atoms with E-state index < -0.39 is 0 Å². The summed E-state index contributed by atoms with van der Waals surface area (Å²) in [6.07, 6.45) is 5.43. The summed E-state index contributed by atoms with van der Waals surface area (Å²) in [5.41, 5.74) is 2.07. The lowest BCUT2D eigenvalue weighted by atomic mass is 10.4. The normalized spacial score (nSPS) is 11.5. The van der Waals surface area contributed by atoms with E-state index in [1.54, 1.807) is 0 Å². The molecule has 0 spiro atoms. The Balaban J connectivity index is 1.70. The first-order valence-electron chi connectivity index (χ1n) is 6.50. The molecule has 4 nitrogen and oxygen atoms in total. The lowest BCUT2D eigenvalue weighted by molar-refractivity contribution is 0.0770. The Hall–Kier alpha value is -1.39. The highest BCUT2D eigenvalue weighted by Crippen LogP contribution is 2.03. The molecule has 1 N–H and O–H groups in total. The van der Waals surface area contributed by atoms with Gasteiger partial charge in [0.2, 0.25) is 0 Å². The Kier molecular flexibility index (Phi) is 4.73. The Bertz CT molecular complexity index is 446. The van der Waals surface area contributed by atoms with E-state index in [2.05, 4.69) is 30.3 Å². The average molecular weight is 247 g/mol. The van der Waals surface area contributed by atoms with Crippen LogP contribution in [-0.2, 0) is 11.3 Å².